The third-order valence-electron chi connectivity index (χ3n) is 10.2. The molecule has 4 rings (SSSR count). The van der Waals surface area contributed by atoms with Crippen molar-refractivity contribution in [2.75, 3.05) is 0 Å². The van der Waals surface area contributed by atoms with Crippen LogP contribution in [0.4, 0.5) is 0 Å². The molecule has 0 heterocycles. The summed E-state index contributed by atoms with van der Waals surface area (Å²) in [5, 5.41) is 19.4. The molecule has 0 amide bonds. The summed E-state index contributed by atoms with van der Waals surface area (Å²) in [6.45, 7) is 16.3. The lowest BCUT2D eigenvalue weighted by Gasteiger charge is -2.51. The monoisotopic (exact) mass is 462 g/mol. The highest BCUT2D eigenvalue weighted by Gasteiger charge is 2.56. The summed E-state index contributed by atoms with van der Waals surface area (Å²) in [6.07, 6.45) is 7.94. The average Bonchev–Trinajstić information content (AvgIpc) is 3.10. The molecule has 0 unspecified atom stereocenters. The third-order valence-corrected chi connectivity index (χ3v) is 14.6. The Morgan fingerprint density at radius 3 is 2.42 bits per heavy atom. The van der Waals surface area contributed by atoms with E-state index in [0.29, 0.717) is 17.8 Å². The number of nitriles is 2. The van der Waals surface area contributed by atoms with Crippen molar-refractivity contribution in [3.63, 3.8) is 0 Å². The molecule has 3 aliphatic carbocycles. The van der Waals surface area contributed by atoms with Crippen molar-refractivity contribution in [2.24, 2.45) is 29.1 Å². The zero-order valence-corrected chi connectivity index (χ0v) is 22.8. The Labute approximate surface area is 202 Å². The van der Waals surface area contributed by atoms with E-state index in [4.69, 9.17) is 4.43 Å². The normalized spacial score (nSPS) is 31.2. The van der Waals surface area contributed by atoms with Crippen LogP contribution in [0, 0.1) is 51.7 Å². The molecule has 3 nitrogen and oxygen atoms in total. The van der Waals surface area contributed by atoms with Gasteiger partial charge in [0.05, 0.1) is 12.1 Å². The van der Waals surface area contributed by atoms with Gasteiger partial charge in [0, 0.05) is 0 Å². The minimum absolute atomic E-state index is 0.147. The first-order valence-electron chi connectivity index (χ1n) is 13.1. The van der Waals surface area contributed by atoms with Gasteiger partial charge in [-0.15, -0.1) is 0 Å². The van der Waals surface area contributed by atoms with Crippen molar-refractivity contribution in [1.29, 1.82) is 10.5 Å². The predicted octanol–water partition coefficient (Wildman–Crippen LogP) is 7.77. The van der Waals surface area contributed by atoms with Crippen LogP contribution in [0.25, 0.3) is 0 Å². The minimum Gasteiger partial charge on any atom is -0.543 e. The van der Waals surface area contributed by atoms with Gasteiger partial charge in [0.2, 0.25) is 8.32 Å². The van der Waals surface area contributed by atoms with E-state index in [0.717, 1.165) is 31.4 Å². The number of hydrogen-bond donors (Lipinski definition) is 0. The maximum absolute atomic E-state index is 9.59. The Kier molecular flexibility index (Phi) is 6.24. The summed E-state index contributed by atoms with van der Waals surface area (Å²) in [4.78, 5) is 0. The van der Waals surface area contributed by atoms with Crippen LogP contribution >= 0.6 is 0 Å². The molecule has 4 heteroatoms. The Morgan fingerprint density at radius 2 is 1.82 bits per heavy atom. The van der Waals surface area contributed by atoms with E-state index in [1.807, 2.05) is 0 Å². The molecule has 1 aromatic rings. The Hall–Kier alpha value is -1.78. The molecule has 2 fully saturated rings. The van der Waals surface area contributed by atoms with Gasteiger partial charge >= 0.3 is 0 Å². The summed E-state index contributed by atoms with van der Waals surface area (Å²) < 4.78 is 6.82. The van der Waals surface area contributed by atoms with Gasteiger partial charge < -0.3 is 4.43 Å². The lowest BCUT2D eigenvalue weighted by atomic mass is 9.53. The van der Waals surface area contributed by atoms with Crippen molar-refractivity contribution in [1.82, 2.24) is 0 Å². The average molecular weight is 463 g/mol. The third kappa shape index (κ3) is 3.93. The Bertz CT molecular complexity index is 981. The van der Waals surface area contributed by atoms with Crippen LogP contribution in [0.1, 0.15) is 89.3 Å². The predicted molar refractivity (Wildman–Crippen MR) is 136 cm³/mol. The first-order valence-corrected chi connectivity index (χ1v) is 16.0. The fourth-order valence-corrected chi connectivity index (χ4v) is 8.29. The first kappa shape index (κ1) is 24.3. The van der Waals surface area contributed by atoms with E-state index in [1.165, 1.54) is 30.4 Å². The zero-order chi connectivity index (χ0) is 24.2. The van der Waals surface area contributed by atoms with Gasteiger partial charge in [0.25, 0.3) is 0 Å². The van der Waals surface area contributed by atoms with E-state index < -0.39 is 14.2 Å². The van der Waals surface area contributed by atoms with Crippen LogP contribution in [-0.4, -0.2) is 8.32 Å². The summed E-state index contributed by atoms with van der Waals surface area (Å²) in [5.41, 5.74) is 4.60. The van der Waals surface area contributed by atoms with Crippen LogP contribution in [-0.2, 0) is 12.8 Å². The largest absolute Gasteiger partial charge is 0.543 e. The van der Waals surface area contributed by atoms with Crippen LogP contribution in [0.5, 0.6) is 5.75 Å². The second kappa shape index (κ2) is 8.46. The van der Waals surface area contributed by atoms with Crippen molar-refractivity contribution < 1.29 is 4.43 Å². The van der Waals surface area contributed by atoms with Crippen LogP contribution in [0.3, 0.4) is 0 Å². The summed E-state index contributed by atoms with van der Waals surface area (Å²) in [6, 6.07) is 9.53. The van der Waals surface area contributed by atoms with Gasteiger partial charge in [-0.25, -0.2) is 0 Å². The molecular weight excluding hydrogens is 420 g/mol. The topological polar surface area (TPSA) is 56.8 Å². The number of hydrogen-bond acceptors (Lipinski definition) is 3. The molecular formula is C29H42N2OSi. The second-order valence-electron chi connectivity index (χ2n) is 12.8. The minimum atomic E-state index is -1.88. The maximum Gasteiger partial charge on any atom is 0.250 e. The van der Waals surface area contributed by atoms with Gasteiger partial charge in [-0.3, -0.25) is 0 Å². The highest BCUT2D eigenvalue weighted by molar-refractivity contribution is 6.74. The Morgan fingerprint density at radius 1 is 1.12 bits per heavy atom. The quantitative estimate of drug-likeness (QED) is 0.429. The molecule has 33 heavy (non-hydrogen) atoms. The standard InChI is InChI=1S/C29H42N2OSi/c1-8-19-15-24-20(16-27(19)32-33(6,7)28(2,3)4)9-10-23-22(24)13-14-29(5)25(11-12-26(23)29)21(17-30)18-31/h15-16,21-23,25-26H,8-14H2,1-7H3/t22-,23+,25+,26-,29+/m0/s1. The highest BCUT2D eigenvalue weighted by atomic mass is 28.4. The molecule has 2 saturated carbocycles. The van der Waals surface area contributed by atoms with Gasteiger partial charge in [-0.2, -0.15) is 10.5 Å². The van der Waals surface area contributed by atoms with E-state index in [9.17, 15) is 10.5 Å². The highest BCUT2D eigenvalue weighted by Crippen LogP contribution is 2.64. The van der Waals surface area contributed by atoms with Crippen LogP contribution in [0.2, 0.25) is 18.1 Å². The zero-order valence-electron chi connectivity index (χ0n) is 21.8. The van der Waals surface area contributed by atoms with Crippen LogP contribution < -0.4 is 4.43 Å². The van der Waals surface area contributed by atoms with Crippen molar-refractivity contribution >= 4 is 8.32 Å². The SMILES string of the molecule is CCc1cc2c(cc1O[Si](C)(C)C(C)(C)C)CC[C@@H]1[C@@H]2CC[C@]2(C)[C@@H](C(C#N)C#N)CC[C@@H]12. The molecule has 1 aromatic carbocycles. The second-order valence-corrected chi connectivity index (χ2v) is 17.5. The molecule has 0 N–H and O–H groups in total. The number of nitrogens with zero attached hydrogens (tertiary/aromatic N) is 2. The van der Waals surface area contributed by atoms with Crippen molar-refractivity contribution in [3.8, 4) is 17.9 Å². The number of aryl methyl sites for hydroxylation is 2. The van der Waals surface area contributed by atoms with E-state index in [2.05, 4.69) is 72.0 Å². The number of fused-ring (bicyclic) bond motifs is 5. The molecule has 0 radical (unpaired) electrons. The molecule has 5 atom stereocenters. The molecule has 0 saturated heterocycles. The van der Waals surface area contributed by atoms with Crippen LogP contribution in [0.15, 0.2) is 12.1 Å². The maximum atomic E-state index is 9.59. The molecule has 0 aliphatic heterocycles. The van der Waals surface area contributed by atoms with E-state index >= 15 is 0 Å². The molecule has 3 aliphatic rings. The van der Waals surface area contributed by atoms with Crippen molar-refractivity contribution in [3.05, 3.63) is 28.8 Å². The molecule has 0 spiro atoms. The summed E-state index contributed by atoms with van der Waals surface area (Å²) in [5.74, 6) is 2.89. The first-order chi connectivity index (χ1) is 15.5. The van der Waals surface area contributed by atoms with E-state index in [-0.39, 0.29) is 16.4 Å². The van der Waals surface area contributed by atoms with Gasteiger partial charge in [-0.1, -0.05) is 40.7 Å². The Balaban J connectivity index is 1.64. The molecule has 178 valence electrons. The summed E-state index contributed by atoms with van der Waals surface area (Å²) >= 11 is 0. The molecule has 0 bridgehead atoms. The number of rotatable bonds is 4. The fraction of sp³-hybridized carbons (Fsp3) is 0.724. The van der Waals surface area contributed by atoms with Gasteiger partial charge in [0.1, 0.15) is 11.7 Å². The molecule has 0 aromatic heterocycles. The van der Waals surface area contributed by atoms with Crippen molar-refractivity contribution in [2.45, 2.75) is 104 Å². The lowest BCUT2D eigenvalue weighted by Crippen LogP contribution is -2.44. The summed E-state index contributed by atoms with van der Waals surface area (Å²) in [7, 11) is -1.88. The smallest absolute Gasteiger partial charge is 0.250 e. The van der Waals surface area contributed by atoms with Gasteiger partial charge in [-0.05, 0) is 115 Å². The lowest BCUT2D eigenvalue weighted by molar-refractivity contribution is 0.0225. The number of benzene rings is 1. The van der Waals surface area contributed by atoms with Gasteiger partial charge in [0.15, 0.2) is 0 Å². The fourth-order valence-electron chi connectivity index (χ4n) is 7.24. The van der Waals surface area contributed by atoms with E-state index in [1.54, 1.807) is 5.56 Å².